The first-order valence-electron chi connectivity index (χ1n) is 6.49. The van der Waals surface area contributed by atoms with Crippen LogP contribution in [-0.4, -0.2) is 19.4 Å². The summed E-state index contributed by atoms with van der Waals surface area (Å²) in [4.78, 5) is 11.4. The van der Waals surface area contributed by atoms with Gasteiger partial charge in [-0.25, -0.2) is 4.79 Å². The van der Waals surface area contributed by atoms with Crippen LogP contribution in [-0.2, 0) is 20.9 Å². The standard InChI is InChI=1S/C16H17NO4/c17-14-6-8-15(9-7-14)20-11-16(18)21-12-19-10-13-4-2-1-3-5-13/h1-9H,10-12,17H2. The van der Waals surface area contributed by atoms with Crippen LogP contribution in [0, 0.1) is 0 Å². The molecule has 2 aromatic rings. The maximum atomic E-state index is 11.4. The van der Waals surface area contributed by atoms with Crippen molar-refractivity contribution in [1.29, 1.82) is 0 Å². The monoisotopic (exact) mass is 287 g/mol. The molecule has 0 bridgehead atoms. The van der Waals surface area contributed by atoms with Gasteiger partial charge in [0.1, 0.15) is 5.75 Å². The summed E-state index contributed by atoms with van der Waals surface area (Å²) < 4.78 is 15.4. The van der Waals surface area contributed by atoms with Gasteiger partial charge in [0.15, 0.2) is 13.4 Å². The van der Waals surface area contributed by atoms with Gasteiger partial charge < -0.3 is 19.9 Å². The molecule has 0 aromatic heterocycles. The van der Waals surface area contributed by atoms with Crippen LogP contribution in [0.2, 0.25) is 0 Å². The topological polar surface area (TPSA) is 70.8 Å². The van der Waals surface area contributed by atoms with E-state index in [2.05, 4.69) is 0 Å². The molecule has 0 saturated heterocycles. The van der Waals surface area contributed by atoms with Gasteiger partial charge in [-0.05, 0) is 29.8 Å². The van der Waals surface area contributed by atoms with Crippen LogP contribution in [0.3, 0.4) is 0 Å². The molecule has 0 radical (unpaired) electrons. The minimum atomic E-state index is -0.486. The Morgan fingerprint density at radius 2 is 1.71 bits per heavy atom. The zero-order valence-electron chi connectivity index (χ0n) is 11.5. The van der Waals surface area contributed by atoms with Gasteiger partial charge in [0, 0.05) is 5.69 Å². The Labute approximate surface area is 123 Å². The quantitative estimate of drug-likeness (QED) is 0.366. The third-order valence-electron chi connectivity index (χ3n) is 2.65. The van der Waals surface area contributed by atoms with Crippen molar-refractivity contribution in [3.05, 3.63) is 60.2 Å². The van der Waals surface area contributed by atoms with Crippen molar-refractivity contribution in [2.24, 2.45) is 0 Å². The summed E-state index contributed by atoms with van der Waals surface area (Å²) in [5, 5.41) is 0. The highest BCUT2D eigenvalue weighted by Crippen LogP contribution is 2.12. The summed E-state index contributed by atoms with van der Waals surface area (Å²) in [7, 11) is 0. The van der Waals surface area contributed by atoms with Crippen LogP contribution < -0.4 is 10.5 Å². The SMILES string of the molecule is Nc1ccc(OCC(=O)OCOCc2ccccc2)cc1. The molecule has 5 heteroatoms. The molecule has 0 fully saturated rings. The summed E-state index contributed by atoms with van der Waals surface area (Å²) in [6.07, 6.45) is 0. The molecule has 2 N–H and O–H groups in total. The zero-order valence-corrected chi connectivity index (χ0v) is 11.5. The fourth-order valence-corrected chi connectivity index (χ4v) is 1.59. The van der Waals surface area contributed by atoms with Crippen molar-refractivity contribution < 1.29 is 19.0 Å². The van der Waals surface area contributed by atoms with E-state index in [1.54, 1.807) is 24.3 Å². The van der Waals surface area contributed by atoms with Crippen LogP contribution >= 0.6 is 0 Å². The second-order valence-corrected chi connectivity index (χ2v) is 4.33. The van der Waals surface area contributed by atoms with E-state index in [1.165, 1.54) is 0 Å². The summed E-state index contributed by atoms with van der Waals surface area (Å²) in [6, 6.07) is 16.4. The van der Waals surface area contributed by atoms with Gasteiger partial charge in [0.25, 0.3) is 0 Å². The average molecular weight is 287 g/mol. The van der Waals surface area contributed by atoms with Gasteiger partial charge in [-0.1, -0.05) is 30.3 Å². The first-order chi connectivity index (χ1) is 10.2. The minimum absolute atomic E-state index is 0.0984. The molecule has 5 nitrogen and oxygen atoms in total. The normalized spacial score (nSPS) is 10.1. The van der Waals surface area contributed by atoms with E-state index >= 15 is 0 Å². The Morgan fingerprint density at radius 3 is 2.43 bits per heavy atom. The second kappa shape index (κ2) is 7.91. The number of hydrogen-bond acceptors (Lipinski definition) is 5. The van der Waals surface area contributed by atoms with Crippen LogP contribution in [0.25, 0.3) is 0 Å². The van der Waals surface area contributed by atoms with Crippen LogP contribution in [0.15, 0.2) is 54.6 Å². The predicted octanol–water partition coefficient (Wildman–Crippen LogP) is 2.37. The number of anilines is 1. The molecule has 0 unspecified atom stereocenters. The van der Waals surface area contributed by atoms with Crippen molar-refractivity contribution in [3.8, 4) is 5.75 Å². The van der Waals surface area contributed by atoms with Gasteiger partial charge in [-0.3, -0.25) is 0 Å². The first kappa shape index (κ1) is 14.9. The molecular formula is C16H17NO4. The predicted molar refractivity (Wildman–Crippen MR) is 78.5 cm³/mol. The molecular weight excluding hydrogens is 270 g/mol. The zero-order chi connectivity index (χ0) is 14.9. The molecule has 0 aliphatic rings. The smallest absolute Gasteiger partial charge is 0.346 e. The fourth-order valence-electron chi connectivity index (χ4n) is 1.59. The molecule has 110 valence electrons. The number of nitrogens with two attached hydrogens (primary N) is 1. The first-order valence-corrected chi connectivity index (χ1v) is 6.49. The summed E-state index contributed by atoms with van der Waals surface area (Å²) >= 11 is 0. The Balaban J connectivity index is 1.60. The van der Waals surface area contributed by atoms with Gasteiger partial charge in [-0.2, -0.15) is 0 Å². The number of benzene rings is 2. The molecule has 21 heavy (non-hydrogen) atoms. The molecule has 0 aliphatic heterocycles. The van der Waals surface area contributed by atoms with Crippen molar-refractivity contribution in [2.45, 2.75) is 6.61 Å². The van der Waals surface area contributed by atoms with E-state index in [9.17, 15) is 4.79 Å². The van der Waals surface area contributed by atoms with E-state index in [-0.39, 0.29) is 13.4 Å². The fraction of sp³-hybridized carbons (Fsp3) is 0.188. The third-order valence-corrected chi connectivity index (χ3v) is 2.65. The van der Waals surface area contributed by atoms with E-state index in [4.69, 9.17) is 19.9 Å². The van der Waals surface area contributed by atoms with Crippen molar-refractivity contribution in [1.82, 2.24) is 0 Å². The lowest BCUT2D eigenvalue weighted by atomic mass is 10.2. The van der Waals surface area contributed by atoms with Gasteiger partial charge in [-0.15, -0.1) is 0 Å². The molecule has 0 aliphatic carbocycles. The molecule has 0 amide bonds. The van der Waals surface area contributed by atoms with Crippen LogP contribution in [0.4, 0.5) is 5.69 Å². The lowest BCUT2D eigenvalue weighted by Crippen LogP contribution is -2.16. The maximum absolute atomic E-state index is 11.4. The molecule has 2 aromatic carbocycles. The lowest BCUT2D eigenvalue weighted by Gasteiger charge is -2.08. The number of ether oxygens (including phenoxy) is 3. The number of hydrogen-bond donors (Lipinski definition) is 1. The molecule has 0 spiro atoms. The van der Waals surface area contributed by atoms with Crippen molar-refractivity contribution in [3.63, 3.8) is 0 Å². The minimum Gasteiger partial charge on any atom is -0.482 e. The number of carbonyl (C=O) groups excluding carboxylic acids is 1. The van der Waals surface area contributed by atoms with E-state index in [0.29, 0.717) is 18.0 Å². The van der Waals surface area contributed by atoms with Gasteiger partial charge >= 0.3 is 5.97 Å². The number of esters is 1. The highest BCUT2D eigenvalue weighted by atomic mass is 16.7. The van der Waals surface area contributed by atoms with E-state index < -0.39 is 5.97 Å². The van der Waals surface area contributed by atoms with E-state index in [0.717, 1.165) is 5.56 Å². The summed E-state index contributed by atoms with van der Waals surface area (Å²) in [6.45, 7) is 0.129. The van der Waals surface area contributed by atoms with Crippen LogP contribution in [0.1, 0.15) is 5.56 Å². The van der Waals surface area contributed by atoms with Crippen molar-refractivity contribution in [2.75, 3.05) is 19.1 Å². The van der Waals surface area contributed by atoms with Crippen molar-refractivity contribution >= 4 is 11.7 Å². The van der Waals surface area contributed by atoms with Gasteiger partial charge in [0.05, 0.1) is 6.61 Å². The average Bonchev–Trinajstić information content (AvgIpc) is 2.52. The highest BCUT2D eigenvalue weighted by molar-refractivity contribution is 5.71. The Kier molecular flexibility index (Phi) is 5.60. The number of nitrogen functional groups attached to an aromatic ring is 1. The summed E-state index contributed by atoms with van der Waals surface area (Å²) in [5.41, 5.74) is 7.21. The third kappa shape index (κ3) is 5.54. The Hall–Kier alpha value is -2.53. The van der Waals surface area contributed by atoms with E-state index in [1.807, 2.05) is 30.3 Å². The maximum Gasteiger partial charge on any atom is 0.346 e. The Morgan fingerprint density at radius 1 is 1.00 bits per heavy atom. The van der Waals surface area contributed by atoms with Crippen LogP contribution in [0.5, 0.6) is 5.75 Å². The Bertz CT molecular complexity index is 554. The van der Waals surface area contributed by atoms with Gasteiger partial charge in [0.2, 0.25) is 0 Å². The molecule has 0 atom stereocenters. The number of carbonyl (C=O) groups is 1. The molecule has 2 rings (SSSR count). The summed E-state index contributed by atoms with van der Waals surface area (Å²) in [5.74, 6) is 0.0752. The highest BCUT2D eigenvalue weighted by Gasteiger charge is 2.04. The number of rotatable bonds is 7. The molecule has 0 saturated carbocycles. The largest absolute Gasteiger partial charge is 0.482 e. The second-order valence-electron chi connectivity index (χ2n) is 4.33. The molecule has 0 heterocycles. The lowest BCUT2D eigenvalue weighted by molar-refractivity contribution is -0.159.